The molecule has 0 fully saturated rings. The number of aryl methyl sites for hydroxylation is 1. The topological polar surface area (TPSA) is 105 Å². The average Bonchev–Trinajstić information content (AvgIpc) is 3.29. The van der Waals surface area contributed by atoms with Crippen molar-refractivity contribution in [1.29, 1.82) is 0 Å². The Bertz CT molecular complexity index is 1090. The molecule has 0 atom stereocenters. The molecule has 1 amide bonds. The number of anilines is 1. The molecule has 0 unspecified atom stereocenters. The molecule has 29 heavy (non-hydrogen) atoms. The van der Waals surface area contributed by atoms with Gasteiger partial charge >= 0.3 is 10.2 Å². The van der Waals surface area contributed by atoms with Crippen molar-refractivity contribution in [1.82, 2.24) is 14.6 Å². The van der Waals surface area contributed by atoms with Gasteiger partial charge in [0.1, 0.15) is 11.5 Å². The quantitative estimate of drug-likeness (QED) is 0.567. The van der Waals surface area contributed by atoms with Crippen LogP contribution < -0.4 is 10.0 Å². The third kappa shape index (κ3) is 5.22. The Kier molecular flexibility index (Phi) is 6.36. The zero-order valence-electron chi connectivity index (χ0n) is 16.3. The zero-order chi connectivity index (χ0) is 21.0. The standard InChI is InChI=1S/C19H22N4O4S2/c1-13-17(12-20-18(24)11-14-7-6-10-28-14)21-19(27-13)15-8-4-5-9-16(15)22-29(25,26)23(2)3/h4-10,22H,11-12H2,1-3H3,(H,20,24). The first kappa shape index (κ1) is 21.0. The van der Waals surface area contributed by atoms with Gasteiger partial charge in [0, 0.05) is 19.0 Å². The smallest absolute Gasteiger partial charge is 0.301 e. The summed E-state index contributed by atoms with van der Waals surface area (Å²) in [7, 11) is -0.790. The van der Waals surface area contributed by atoms with Crippen molar-refractivity contribution in [2.24, 2.45) is 0 Å². The molecule has 1 aromatic carbocycles. The predicted octanol–water partition coefficient (Wildman–Crippen LogP) is 2.79. The molecule has 2 heterocycles. The first-order valence-corrected chi connectivity index (χ1v) is 11.1. The van der Waals surface area contributed by atoms with Gasteiger partial charge in [-0.2, -0.15) is 12.7 Å². The number of carbonyl (C=O) groups excluding carboxylic acids is 1. The number of aromatic nitrogens is 1. The Hall–Kier alpha value is -2.69. The molecule has 3 aromatic rings. The summed E-state index contributed by atoms with van der Waals surface area (Å²) < 4.78 is 33.7. The maximum atomic E-state index is 12.2. The van der Waals surface area contributed by atoms with E-state index in [4.69, 9.17) is 4.42 Å². The number of rotatable bonds is 8. The van der Waals surface area contributed by atoms with Gasteiger partial charge in [-0.1, -0.05) is 18.2 Å². The van der Waals surface area contributed by atoms with Crippen molar-refractivity contribution < 1.29 is 17.6 Å². The van der Waals surface area contributed by atoms with Crippen LogP contribution in [0.3, 0.4) is 0 Å². The van der Waals surface area contributed by atoms with Gasteiger partial charge in [0.15, 0.2) is 0 Å². The Labute approximate surface area is 173 Å². The lowest BCUT2D eigenvalue weighted by molar-refractivity contribution is -0.120. The summed E-state index contributed by atoms with van der Waals surface area (Å²) in [5.41, 5.74) is 1.46. The molecule has 10 heteroatoms. The number of nitrogens with zero attached hydrogens (tertiary/aromatic N) is 2. The third-order valence-electron chi connectivity index (χ3n) is 4.14. The number of para-hydroxylation sites is 1. The fourth-order valence-corrected chi connectivity index (χ4v) is 3.85. The molecule has 0 radical (unpaired) electrons. The van der Waals surface area contributed by atoms with Crippen LogP contribution in [0.4, 0.5) is 5.69 Å². The largest absolute Gasteiger partial charge is 0.441 e. The van der Waals surface area contributed by atoms with Crippen LogP contribution in [0.25, 0.3) is 11.5 Å². The molecule has 2 aromatic heterocycles. The number of nitrogens with one attached hydrogen (secondary N) is 2. The SMILES string of the molecule is Cc1oc(-c2ccccc2NS(=O)(=O)N(C)C)nc1CNC(=O)Cc1cccs1. The van der Waals surface area contributed by atoms with Crippen LogP contribution in [-0.4, -0.2) is 37.7 Å². The fraction of sp³-hybridized carbons (Fsp3) is 0.263. The lowest BCUT2D eigenvalue weighted by atomic mass is 10.2. The molecular weight excluding hydrogens is 412 g/mol. The second-order valence-corrected chi connectivity index (χ2v) is 9.41. The monoisotopic (exact) mass is 434 g/mol. The first-order valence-electron chi connectivity index (χ1n) is 8.81. The molecule has 8 nitrogen and oxygen atoms in total. The van der Waals surface area contributed by atoms with Crippen LogP contribution in [0.15, 0.2) is 46.2 Å². The highest BCUT2D eigenvalue weighted by molar-refractivity contribution is 7.90. The van der Waals surface area contributed by atoms with Crippen molar-refractivity contribution in [3.8, 4) is 11.5 Å². The minimum absolute atomic E-state index is 0.101. The van der Waals surface area contributed by atoms with Gasteiger partial charge in [-0.05, 0) is 30.5 Å². The molecule has 154 valence electrons. The summed E-state index contributed by atoms with van der Waals surface area (Å²) >= 11 is 1.53. The van der Waals surface area contributed by atoms with E-state index in [1.807, 2.05) is 17.5 Å². The van der Waals surface area contributed by atoms with Crippen LogP contribution in [0.5, 0.6) is 0 Å². The Balaban J connectivity index is 1.76. The van der Waals surface area contributed by atoms with Gasteiger partial charge < -0.3 is 9.73 Å². The summed E-state index contributed by atoms with van der Waals surface area (Å²) in [6.45, 7) is 1.98. The van der Waals surface area contributed by atoms with E-state index in [0.717, 1.165) is 9.18 Å². The normalized spacial score (nSPS) is 11.6. The van der Waals surface area contributed by atoms with Gasteiger partial charge in [-0.3, -0.25) is 9.52 Å². The van der Waals surface area contributed by atoms with E-state index in [-0.39, 0.29) is 18.3 Å². The fourth-order valence-electron chi connectivity index (χ4n) is 2.51. The summed E-state index contributed by atoms with van der Waals surface area (Å²) in [4.78, 5) is 17.5. The Morgan fingerprint density at radius 2 is 1.97 bits per heavy atom. The van der Waals surface area contributed by atoms with Crippen molar-refractivity contribution in [2.45, 2.75) is 19.9 Å². The van der Waals surface area contributed by atoms with E-state index in [9.17, 15) is 13.2 Å². The predicted molar refractivity (Wildman–Crippen MR) is 113 cm³/mol. The highest BCUT2D eigenvalue weighted by Gasteiger charge is 2.19. The van der Waals surface area contributed by atoms with E-state index in [0.29, 0.717) is 29.1 Å². The number of thiophene rings is 1. The van der Waals surface area contributed by atoms with Crippen LogP contribution >= 0.6 is 11.3 Å². The van der Waals surface area contributed by atoms with Gasteiger partial charge in [0.25, 0.3) is 0 Å². The van der Waals surface area contributed by atoms with E-state index >= 15 is 0 Å². The lowest BCUT2D eigenvalue weighted by Crippen LogP contribution is -2.29. The minimum atomic E-state index is -3.67. The second-order valence-electron chi connectivity index (χ2n) is 6.49. The highest BCUT2D eigenvalue weighted by atomic mass is 32.2. The molecule has 0 spiro atoms. The highest BCUT2D eigenvalue weighted by Crippen LogP contribution is 2.29. The van der Waals surface area contributed by atoms with Crippen LogP contribution in [0.1, 0.15) is 16.3 Å². The molecule has 2 N–H and O–H groups in total. The molecule has 0 aliphatic carbocycles. The third-order valence-corrected chi connectivity index (χ3v) is 6.45. The number of hydrogen-bond acceptors (Lipinski definition) is 6. The number of benzene rings is 1. The molecule has 0 aliphatic heterocycles. The molecule has 0 bridgehead atoms. The lowest BCUT2D eigenvalue weighted by Gasteiger charge is -2.15. The number of hydrogen-bond donors (Lipinski definition) is 2. The molecule has 0 aliphatic rings. The van der Waals surface area contributed by atoms with Crippen molar-refractivity contribution in [2.75, 3.05) is 18.8 Å². The van der Waals surface area contributed by atoms with E-state index in [1.165, 1.54) is 25.4 Å². The molecule has 0 saturated carbocycles. The molecule has 0 saturated heterocycles. The van der Waals surface area contributed by atoms with Crippen molar-refractivity contribution >= 4 is 33.1 Å². The van der Waals surface area contributed by atoms with Gasteiger partial charge in [-0.25, -0.2) is 4.98 Å². The summed E-state index contributed by atoms with van der Waals surface area (Å²) in [5.74, 6) is 0.735. The maximum absolute atomic E-state index is 12.2. The minimum Gasteiger partial charge on any atom is -0.441 e. The average molecular weight is 435 g/mol. The summed E-state index contributed by atoms with van der Waals surface area (Å²) in [6, 6.07) is 10.7. The molecule has 3 rings (SSSR count). The maximum Gasteiger partial charge on any atom is 0.301 e. The Morgan fingerprint density at radius 3 is 2.66 bits per heavy atom. The van der Waals surface area contributed by atoms with Crippen molar-refractivity contribution in [3.63, 3.8) is 0 Å². The van der Waals surface area contributed by atoms with Crippen LogP contribution in [0.2, 0.25) is 0 Å². The van der Waals surface area contributed by atoms with Crippen LogP contribution in [-0.2, 0) is 28.0 Å². The van der Waals surface area contributed by atoms with E-state index < -0.39 is 10.2 Å². The number of carbonyl (C=O) groups is 1. The second kappa shape index (κ2) is 8.76. The van der Waals surface area contributed by atoms with Gasteiger partial charge in [-0.15, -0.1) is 11.3 Å². The Morgan fingerprint density at radius 1 is 1.21 bits per heavy atom. The zero-order valence-corrected chi connectivity index (χ0v) is 17.9. The van der Waals surface area contributed by atoms with Crippen LogP contribution in [0, 0.1) is 6.92 Å². The van der Waals surface area contributed by atoms with E-state index in [1.54, 1.807) is 31.2 Å². The number of oxazole rings is 1. The van der Waals surface area contributed by atoms with Gasteiger partial charge in [0.2, 0.25) is 11.8 Å². The van der Waals surface area contributed by atoms with E-state index in [2.05, 4.69) is 15.0 Å². The van der Waals surface area contributed by atoms with Crippen molar-refractivity contribution in [3.05, 3.63) is 58.1 Å². The number of amides is 1. The first-order chi connectivity index (χ1) is 13.8. The summed E-state index contributed by atoms with van der Waals surface area (Å²) in [6.07, 6.45) is 0.316. The molecular formula is C19H22N4O4S2. The van der Waals surface area contributed by atoms with Gasteiger partial charge in [0.05, 0.1) is 24.2 Å². The summed E-state index contributed by atoms with van der Waals surface area (Å²) in [5, 5.41) is 4.77.